The zero-order valence-corrected chi connectivity index (χ0v) is 6.86. The molecule has 0 aliphatic heterocycles. The molecule has 0 saturated carbocycles. The number of aromatic nitrogens is 1. The Bertz CT molecular complexity index is 355. The molecule has 0 unspecified atom stereocenters. The number of hydrogen-bond acceptors (Lipinski definition) is 2. The molecule has 0 fully saturated rings. The van der Waals surface area contributed by atoms with Crippen molar-refractivity contribution in [2.75, 3.05) is 6.54 Å². The van der Waals surface area contributed by atoms with Crippen LogP contribution in [0.3, 0.4) is 0 Å². The van der Waals surface area contributed by atoms with Gasteiger partial charge in [0.15, 0.2) is 12.4 Å². The summed E-state index contributed by atoms with van der Waals surface area (Å²) in [6, 6.07) is 3.04. The summed E-state index contributed by atoms with van der Waals surface area (Å²) in [5.74, 6) is 1.92. The van der Waals surface area contributed by atoms with Crippen molar-refractivity contribution in [1.29, 1.82) is 0 Å². The fourth-order valence-corrected chi connectivity index (χ4v) is 0.822. The van der Waals surface area contributed by atoms with E-state index >= 15 is 0 Å². The topological polar surface area (TPSA) is 56.0 Å². The zero-order chi connectivity index (χ0) is 9.68. The van der Waals surface area contributed by atoms with Crippen LogP contribution in [0.25, 0.3) is 0 Å². The summed E-state index contributed by atoms with van der Waals surface area (Å²) in [5, 5.41) is 13.2. The largest absolute Gasteiger partial charge is 0.619 e. The van der Waals surface area contributed by atoms with E-state index in [0.717, 1.165) is 0 Å². The van der Waals surface area contributed by atoms with Gasteiger partial charge in [0, 0.05) is 6.07 Å². The number of nitrogens with one attached hydrogen (secondary N) is 1. The van der Waals surface area contributed by atoms with E-state index < -0.39 is 0 Å². The van der Waals surface area contributed by atoms with Crippen LogP contribution < -0.4 is 10.0 Å². The molecule has 4 heteroatoms. The molecule has 0 aromatic carbocycles. The summed E-state index contributed by atoms with van der Waals surface area (Å²) in [4.78, 5) is 11.2. The van der Waals surface area contributed by atoms with Crippen LogP contribution in [0.2, 0.25) is 0 Å². The molecule has 4 nitrogen and oxygen atoms in total. The van der Waals surface area contributed by atoms with Crippen molar-refractivity contribution in [2.45, 2.75) is 0 Å². The molecule has 0 spiro atoms. The summed E-state index contributed by atoms with van der Waals surface area (Å²) in [5.41, 5.74) is 0.299. The van der Waals surface area contributed by atoms with Crippen molar-refractivity contribution in [3.63, 3.8) is 0 Å². The molecular weight excluding hydrogens is 168 g/mol. The van der Waals surface area contributed by atoms with Gasteiger partial charge in [0.2, 0.25) is 0 Å². The maximum atomic E-state index is 11.2. The Morgan fingerprint density at radius 2 is 2.54 bits per heavy atom. The normalized spacial score (nSPS) is 8.85. The van der Waals surface area contributed by atoms with Crippen molar-refractivity contribution < 1.29 is 9.52 Å². The smallest absolute Gasteiger partial charge is 0.258 e. The van der Waals surface area contributed by atoms with Gasteiger partial charge in [-0.2, -0.15) is 4.73 Å². The van der Waals surface area contributed by atoms with Crippen molar-refractivity contribution >= 4 is 5.91 Å². The van der Waals surface area contributed by atoms with Gasteiger partial charge in [-0.1, -0.05) is 5.92 Å². The number of terminal acetylenes is 1. The molecule has 1 aromatic heterocycles. The highest BCUT2D eigenvalue weighted by Crippen LogP contribution is 1.92. The molecule has 1 heterocycles. The Morgan fingerprint density at radius 3 is 3.15 bits per heavy atom. The average molecular weight is 176 g/mol. The lowest BCUT2D eigenvalue weighted by atomic mass is 10.3. The molecule has 1 amide bonds. The minimum atomic E-state index is -0.344. The zero-order valence-electron chi connectivity index (χ0n) is 6.86. The van der Waals surface area contributed by atoms with Crippen molar-refractivity contribution in [3.05, 3.63) is 35.3 Å². The molecular formula is C9H8N2O2. The van der Waals surface area contributed by atoms with Crippen LogP contribution in [-0.4, -0.2) is 12.5 Å². The molecule has 13 heavy (non-hydrogen) atoms. The van der Waals surface area contributed by atoms with Crippen LogP contribution in [-0.2, 0) is 0 Å². The Kier molecular flexibility index (Phi) is 2.87. The highest BCUT2D eigenvalue weighted by Gasteiger charge is 2.06. The number of rotatable bonds is 2. The van der Waals surface area contributed by atoms with Gasteiger partial charge in [-0.25, -0.2) is 0 Å². The Hall–Kier alpha value is -2.02. The van der Waals surface area contributed by atoms with E-state index in [4.69, 9.17) is 6.42 Å². The second-order valence-corrected chi connectivity index (χ2v) is 2.34. The fraction of sp³-hybridized carbons (Fsp3) is 0.111. The maximum absolute atomic E-state index is 11.2. The van der Waals surface area contributed by atoms with Crippen LogP contribution in [0.1, 0.15) is 10.4 Å². The van der Waals surface area contributed by atoms with Crippen molar-refractivity contribution in [2.24, 2.45) is 0 Å². The Morgan fingerprint density at radius 1 is 1.77 bits per heavy atom. The van der Waals surface area contributed by atoms with Gasteiger partial charge >= 0.3 is 0 Å². The molecule has 0 saturated heterocycles. The average Bonchev–Trinajstić information content (AvgIpc) is 2.14. The summed E-state index contributed by atoms with van der Waals surface area (Å²) in [6.45, 7) is 0.159. The third-order valence-electron chi connectivity index (χ3n) is 1.39. The van der Waals surface area contributed by atoms with E-state index in [1.807, 2.05) is 0 Å². The number of carbonyl (C=O) groups excluding carboxylic acids is 1. The molecule has 0 radical (unpaired) electrons. The molecule has 1 rings (SSSR count). The highest BCUT2D eigenvalue weighted by atomic mass is 16.5. The summed E-state index contributed by atoms with van der Waals surface area (Å²) in [6.07, 6.45) is 7.44. The predicted molar refractivity (Wildman–Crippen MR) is 46.6 cm³/mol. The molecule has 0 aliphatic carbocycles. The van der Waals surface area contributed by atoms with E-state index in [-0.39, 0.29) is 12.5 Å². The Labute approximate surface area is 75.8 Å². The summed E-state index contributed by atoms with van der Waals surface area (Å²) >= 11 is 0. The number of amides is 1. The van der Waals surface area contributed by atoms with E-state index in [2.05, 4.69) is 11.2 Å². The minimum Gasteiger partial charge on any atom is -0.619 e. The standard InChI is InChI=1S/C9H8N2O2/c1-2-5-10-9(12)8-4-3-6-11(13)7-8/h1,3-4,6-7H,5H2,(H,10,12). The third-order valence-corrected chi connectivity index (χ3v) is 1.39. The van der Waals surface area contributed by atoms with Crippen LogP contribution in [0.5, 0.6) is 0 Å². The van der Waals surface area contributed by atoms with Crippen molar-refractivity contribution in [1.82, 2.24) is 5.32 Å². The quantitative estimate of drug-likeness (QED) is 0.381. The van der Waals surface area contributed by atoms with Gasteiger partial charge in [0.25, 0.3) is 5.91 Å². The molecule has 1 N–H and O–H groups in total. The van der Waals surface area contributed by atoms with Gasteiger partial charge in [0.1, 0.15) is 5.56 Å². The molecule has 1 aromatic rings. The minimum absolute atomic E-state index is 0.159. The SMILES string of the molecule is C#CCNC(=O)c1ccc[n+]([O-])c1. The molecule has 0 bridgehead atoms. The van der Waals surface area contributed by atoms with Gasteiger partial charge in [0.05, 0.1) is 6.54 Å². The van der Waals surface area contributed by atoms with E-state index in [1.54, 1.807) is 6.07 Å². The monoisotopic (exact) mass is 176 g/mol. The number of nitrogens with zero attached hydrogens (tertiary/aromatic N) is 1. The van der Waals surface area contributed by atoms with Gasteiger partial charge in [-0.05, 0) is 6.07 Å². The first-order valence-electron chi connectivity index (χ1n) is 3.64. The lowest BCUT2D eigenvalue weighted by molar-refractivity contribution is -0.605. The van der Waals surface area contributed by atoms with Crippen LogP contribution in [0.4, 0.5) is 0 Å². The number of carbonyl (C=O) groups is 1. The molecule has 66 valence electrons. The molecule has 0 atom stereocenters. The third kappa shape index (κ3) is 2.49. The van der Waals surface area contributed by atoms with Gasteiger partial charge < -0.3 is 10.5 Å². The first kappa shape index (κ1) is 9.07. The second-order valence-electron chi connectivity index (χ2n) is 2.34. The lowest BCUT2D eigenvalue weighted by Gasteiger charge is -2.00. The first-order chi connectivity index (χ1) is 6.24. The van der Waals surface area contributed by atoms with Gasteiger partial charge in [-0.15, -0.1) is 6.42 Å². The van der Waals surface area contributed by atoms with Gasteiger partial charge in [-0.3, -0.25) is 4.79 Å². The second kappa shape index (κ2) is 4.12. The van der Waals surface area contributed by atoms with E-state index in [9.17, 15) is 10.0 Å². The van der Waals surface area contributed by atoms with E-state index in [1.165, 1.54) is 18.5 Å². The first-order valence-corrected chi connectivity index (χ1v) is 3.64. The predicted octanol–water partition coefficient (Wildman–Crippen LogP) is -0.317. The lowest BCUT2D eigenvalue weighted by Crippen LogP contribution is -2.30. The maximum Gasteiger partial charge on any atom is 0.258 e. The highest BCUT2D eigenvalue weighted by molar-refractivity contribution is 5.93. The number of hydrogen-bond donors (Lipinski definition) is 1. The van der Waals surface area contributed by atoms with Crippen LogP contribution in [0, 0.1) is 17.6 Å². The van der Waals surface area contributed by atoms with Crippen LogP contribution >= 0.6 is 0 Å². The van der Waals surface area contributed by atoms with Crippen LogP contribution in [0.15, 0.2) is 24.5 Å². The summed E-state index contributed by atoms with van der Waals surface area (Å²) in [7, 11) is 0. The van der Waals surface area contributed by atoms with Crippen molar-refractivity contribution in [3.8, 4) is 12.3 Å². The summed E-state index contributed by atoms with van der Waals surface area (Å²) < 4.78 is 0.560. The fourth-order valence-electron chi connectivity index (χ4n) is 0.822. The number of pyridine rings is 1. The Balaban J connectivity index is 2.72. The van der Waals surface area contributed by atoms with E-state index in [0.29, 0.717) is 10.3 Å². The molecule has 0 aliphatic rings.